The van der Waals surface area contributed by atoms with E-state index in [1.54, 1.807) is 0 Å². The molecule has 3 nitrogen and oxygen atoms in total. The highest BCUT2D eigenvalue weighted by atomic mass is 16.5. The number of hydrogen-bond donors (Lipinski definition) is 1. The molecule has 0 aromatic heterocycles. The Labute approximate surface area is 109 Å². The molecule has 1 aliphatic heterocycles. The molecule has 1 aromatic carbocycles. The largest absolute Gasteiger partial charge is 0.490 e. The van der Waals surface area contributed by atoms with Crippen molar-refractivity contribution in [3.05, 3.63) is 23.8 Å². The first-order valence-electron chi connectivity index (χ1n) is 6.91. The molecule has 0 saturated heterocycles. The standard InChI is InChI=1S/C15H23NO2/c1-3-7-16-11-12(2)13-5-6-14-15(10-13)18-9-4-8-17-14/h5-6,10,12,16H,3-4,7-9,11H2,1-2H3. The van der Waals surface area contributed by atoms with Crippen molar-refractivity contribution in [1.82, 2.24) is 5.32 Å². The quantitative estimate of drug-likeness (QED) is 0.814. The summed E-state index contributed by atoms with van der Waals surface area (Å²) in [6.45, 7) is 8.01. The van der Waals surface area contributed by atoms with Crippen LogP contribution in [0, 0.1) is 0 Å². The van der Waals surface area contributed by atoms with Gasteiger partial charge in [0, 0.05) is 13.0 Å². The first-order chi connectivity index (χ1) is 8.81. The van der Waals surface area contributed by atoms with Crippen LogP contribution in [0.15, 0.2) is 18.2 Å². The topological polar surface area (TPSA) is 30.5 Å². The Morgan fingerprint density at radius 1 is 1.22 bits per heavy atom. The summed E-state index contributed by atoms with van der Waals surface area (Å²) in [5, 5.41) is 3.45. The monoisotopic (exact) mass is 249 g/mol. The number of rotatable bonds is 5. The zero-order valence-electron chi connectivity index (χ0n) is 11.4. The zero-order chi connectivity index (χ0) is 12.8. The minimum Gasteiger partial charge on any atom is -0.490 e. The van der Waals surface area contributed by atoms with Crippen molar-refractivity contribution in [3.8, 4) is 11.5 Å². The highest BCUT2D eigenvalue weighted by Crippen LogP contribution is 2.32. The Hall–Kier alpha value is -1.22. The molecule has 0 saturated carbocycles. The third-order valence-corrected chi connectivity index (χ3v) is 3.22. The summed E-state index contributed by atoms with van der Waals surface area (Å²) in [6, 6.07) is 6.30. The molecule has 1 unspecified atom stereocenters. The first kappa shape index (κ1) is 13.2. The number of benzene rings is 1. The lowest BCUT2D eigenvalue weighted by Crippen LogP contribution is -2.20. The molecule has 1 N–H and O–H groups in total. The van der Waals surface area contributed by atoms with Crippen molar-refractivity contribution in [2.24, 2.45) is 0 Å². The van der Waals surface area contributed by atoms with Crippen molar-refractivity contribution in [1.29, 1.82) is 0 Å². The summed E-state index contributed by atoms with van der Waals surface area (Å²) < 4.78 is 11.4. The molecule has 100 valence electrons. The molecule has 0 bridgehead atoms. The molecule has 1 atom stereocenters. The van der Waals surface area contributed by atoms with Crippen molar-refractivity contribution in [2.45, 2.75) is 32.6 Å². The van der Waals surface area contributed by atoms with Gasteiger partial charge in [0.1, 0.15) is 0 Å². The summed E-state index contributed by atoms with van der Waals surface area (Å²) in [7, 11) is 0. The maximum Gasteiger partial charge on any atom is 0.161 e. The molecule has 1 heterocycles. The highest BCUT2D eigenvalue weighted by molar-refractivity contribution is 5.44. The molecule has 0 fully saturated rings. The van der Waals surface area contributed by atoms with E-state index in [1.807, 2.05) is 6.07 Å². The Bertz CT molecular complexity index is 379. The van der Waals surface area contributed by atoms with Gasteiger partial charge in [0.15, 0.2) is 11.5 Å². The van der Waals surface area contributed by atoms with E-state index in [9.17, 15) is 0 Å². The molecule has 1 aromatic rings. The molecule has 0 amide bonds. The van der Waals surface area contributed by atoms with E-state index >= 15 is 0 Å². The lowest BCUT2D eigenvalue weighted by molar-refractivity contribution is 0.297. The number of hydrogen-bond acceptors (Lipinski definition) is 3. The average Bonchev–Trinajstić information content (AvgIpc) is 2.63. The molecular formula is C15H23NO2. The Balaban J connectivity index is 2.02. The molecule has 0 aliphatic carbocycles. The maximum absolute atomic E-state index is 5.72. The van der Waals surface area contributed by atoms with Crippen LogP contribution in [0.2, 0.25) is 0 Å². The van der Waals surface area contributed by atoms with E-state index in [0.29, 0.717) is 5.92 Å². The Kier molecular flexibility index (Phi) is 4.88. The minimum absolute atomic E-state index is 0.494. The number of fused-ring (bicyclic) bond motifs is 1. The molecule has 3 heteroatoms. The predicted octanol–water partition coefficient (Wildman–Crippen LogP) is 2.95. The predicted molar refractivity (Wildman–Crippen MR) is 73.6 cm³/mol. The fourth-order valence-corrected chi connectivity index (χ4v) is 2.10. The maximum atomic E-state index is 5.72. The van der Waals surface area contributed by atoms with Gasteiger partial charge in [-0.15, -0.1) is 0 Å². The van der Waals surface area contributed by atoms with Gasteiger partial charge in [-0.1, -0.05) is 19.9 Å². The van der Waals surface area contributed by atoms with Crippen LogP contribution in [0.4, 0.5) is 0 Å². The summed E-state index contributed by atoms with van der Waals surface area (Å²) >= 11 is 0. The van der Waals surface area contributed by atoms with E-state index in [1.165, 1.54) is 12.0 Å². The summed E-state index contributed by atoms with van der Waals surface area (Å²) in [6.07, 6.45) is 2.13. The molecule has 0 spiro atoms. The van der Waals surface area contributed by atoms with E-state index in [-0.39, 0.29) is 0 Å². The summed E-state index contributed by atoms with van der Waals surface area (Å²) in [4.78, 5) is 0. The fraction of sp³-hybridized carbons (Fsp3) is 0.600. The van der Waals surface area contributed by atoms with Gasteiger partial charge in [-0.25, -0.2) is 0 Å². The van der Waals surface area contributed by atoms with Crippen molar-refractivity contribution in [3.63, 3.8) is 0 Å². The molecule has 0 radical (unpaired) electrons. The van der Waals surface area contributed by atoms with E-state index in [4.69, 9.17) is 9.47 Å². The van der Waals surface area contributed by atoms with Gasteiger partial charge in [-0.05, 0) is 36.6 Å². The van der Waals surface area contributed by atoms with Crippen LogP contribution in [-0.2, 0) is 0 Å². The van der Waals surface area contributed by atoms with Crippen LogP contribution < -0.4 is 14.8 Å². The van der Waals surface area contributed by atoms with Gasteiger partial charge in [0.05, 0.1) is 13.2 Å². The minimum atomic E-state index is 0.494. The molecule has 2 rings (SSSR count). The van der Waals surface area contributed by atoms with Gasteiger partial charge in [0.2, 0.25) is 0 Å². The van der Waals surface area contributed by atoms with Crippen LogP contribution in [0.1, 0.15) is 38.2 Å². The lowest BCUT2D eigenvalue weighted by Gasteiger charge is -2.15. The summed E-state index contributed by atoms with van der Waals surface area (Å²) in [5.41, 5.74) is 1.31. The van der Waals surface area contributed by atoms with Crippen LogP contribution in [0.25, 0.3) is 0 Å². The van der Waals surface area contributed by atoms with E-state index in [0.717, 1.165) is 44.2 Å². The van der Waals surface area contributed by atoms with Crippen LogP contribution in [0.3, 0.4) is 0 Å². The second-order valence-electron chi connectivity index (χ2n) is 4.86. The lowest BCUT2D eigenvalue weighted by atomic mass is 10.0. The van der Waals surface area contributed by atoms with Gasteiger partial charge < -0.3 is 14.8 Å². The van der Waals surface area contributed by atoms with Crippen molar-refractivity contribution in [2.75, 3.05) is 26.3 Å². The van der Waals surface area contributed by atoms with Gasteiger partial charge in [0.25, 0.3) is 0 Å². The zero-order valence-corrected chi connectivity index (χ0v) is 11.4. The van der Waals surface area contributed by atoms with Gasteiger partial charge >= 0.3 is 0 Å². The van der Waals surface area contributed by atoms with Crippen LogP contribution in [0.5, 0.6) is 11.5 Å². The smallest absolute Gasteiger partial charge is 0.161 e. The third-order valence-electron chi connectivity index (χ3n) is 3.22. The molecule has 18 heavy (non-hydrogen) atoms. The fourth-order valence-electron chi connectivity index (χ4n) is 2.10. The van der Waals surface area contributed by atoms with E-state index in [2.05, 4.69) is 31.3 Å². The third kappa shape index (κ3) is 3.39. The van der Waals surface area contributed by atoms with Crippen LogP contribution >= 0.6 is 0 Å². The van der Waals surface area contributed by atoms with Crippen molar-refractivity contribution >= 4 is 0 Å². The molecule has 1 aliphatic rings. The number of ether oxygens (including phenoxy) is 2. The van der Waals surface area contributed by atoms with E-state index < -0.39 is 0 Å². The normalized spacial score (nSPS) is 16.1. The Morgan fingerprint density at radius 3 is 2.78 bits per heavy atom. The van der Waals surface area contributed by atoms with Gasteiger partial charge in [-0.2, -0.15) is 0 Å². The number of nitrogens with one attached hydrogen (secondary N) is 1. The SMILES string of the molecule is CCCNCC(C)c1ccc2c(c1)OCCCO2. The van der Waals surface area contributed by atoms with Crippen LogP contribution in [-0.4, -0.2) is 26.3 Å². The van der Waals surface area contributed by atoms with Crippen molar-refractivity contribution < 1.29 is 9.47 Å². The van der Waals surface area contributed by atoms with Gasteiger partial charge in [-0.3, -0.25) is 0 Å². The molecular weight excluding hydrogens is 226 g/mol. The summed E-state index contributed by atoms with van der Waals surface area (Å²) in [5.74, 6) is 2.27. The highest BCUT2D eigenvalue weighted by Gasteiger charge is 2.13. The second-order valence-corrected chi connectivity index (χ2v) is 4.86. The first-order valence-corrected chi connectivity index (χ1v) is 6.91. The average molecular weight is 249 g/mol. The Morgan fingerprint density at radius 2 is 2.00 bits per heavy atom. The second kappa shape index (κ2) is 6.64.